The van der Waals surface area contributed by atoms with E-state index in [1.165, 1.54) is 6.07 Å². The third-order valence-electron chi connectivity index (χ3n) is 4.67. The second-order valence-electron chi connectivity index (χ2n) is 10.2. The van der Waals surface area contributed by atoms with E-state index in [1.54, 1.807) is 32.9 Å². The minimum atomic E-state index is -0.645. The normalized spacial score (nSPS) is 13.7. The summed E-state index contributed by atoms with van der Waals surface area (Å²) in [7, 11) is 0. The Kier molecular flexibility index (Phi) is 9.66. The van der Waals surface area contributed by atoms with E-state index < -0.39 is 22.4 Å². The number of carbonyl (C=O) groups is 2. The van der Waals surface area contributed by atoms with E-state index in [0.29, 0.717) is 18.0 Å². The first-order valence-electron chi connectivity index (χ1n) is 11.0. The number of benzene rings is 1. The molecule has 0 heterocycles. The molecule has 0 bridgehead atoms. The highest BCUT2D eigenvalue weighted by molar-refractivity contribution is 5.99. The second-order valence-corrected chi connectivity index (χ2v) is 10.2. The Labute approximate surface area is 186 Å². The Balaban J connectivity index is 3.08. The van der Waals surface area contributed by atoms with Crippen LogP contribution in [-0.2, 0) is 9.53 Å². The fraction of sp³-hybridized carbons (Fsp3) is 0.667. The molecule has 0 aliphatic carbocycles. The highest BCUT2D eigenvalue weighted by Crippen LogP contribution is 2.29. The molecular formula is C24H38N2O5. The number of rotatable bonds is 11. The summed E-state index contributed by atoms with van der Waals surface area (Å²) < 4.78 is 5.48. The molecule has 0 saturated heterocycles. The lowest BCUT2D eigenvalue weighted by molar-refractivity contribution is -0.384. The van der Waals surface area contributed by atoms with Gasteiger partial charge in [0, 0.05) is 24.1 Å². The fourth-order valence-electron chi connectivity index (χ4n) is 3.57. The van der Waals surface area contributed by atoms with Gasteiger partial charge in [-0.2, -0.15) is 0 Å². The molecule has 0 spiro atoms. The number of nitro groups is 1. The lowest BCUT2D eigenvalue weighted by Gasteiger charge is -2.24. The predicted molar refractivity (Wildman–Crippen MR) is 123 cm³/mol. The average molecular weight is 435 g/mol. The van der Waals surface area contributed by atoms with E-state index in [-0.39, 0.29) is 35.4 Å². The lowest BCUT2D eigenvalue weighted by Crippen LogP contribution is -2.30. The highest BCUT2D eigenvalue weighted by atomic mass is 16.6. The van der Waals surface area contributed by atoms with Gasteiger partial charge in [0.1, 0.15) is 11.3 Å². The summed E-state index contributed by atoms with van der Waals surface area (Å²) in [6.45, 7) is 15.5. The van der Waals surface area contributed by atoms with Gasteiger partial charge in [-0.25, -0.2) is 0 Å². The van der Waals surface area contributed by atoms with Crippen molar-refractivity contribution in [1.82, 2.24) is 0 Å². The van der Waals surface area contributed by atoms with Crippen molar-refractivity contribution in [2.75, 3.05) is 5.32 Å². The molecule has 0 amide bonds. The molecule has 0 aliphatic heterocycles. The van der Waals surface area contributed by atoms with Crippen LogP contribution in [0.15, 0.2) is 18.2 Å². The largest absolute Gasteiger partial charge is 0.460 e. The Morgan fingerprint density at radius 1 is 1.06 bits per heavy atom. The van der Waals surface area contributed by atoms with Gasteiger partial charge in [-0.1, -0.05) is 27.7 Å². The molecule has 2 atom stereocenters. The minimum absolute atomic E-state index is 0.0409. The third kappa shape index (κ3) is 9.49. The van der Waals surface area contributed by atoms with E-state index in [9.17, 15) is 19.7 Å². The standard InChI is InChI=1S/C24H38N2O5/c1-15(2)11-17(5)25-20-10-9-18(13-21(20)26(29)30)22(27)14-19(12-16(3)4)23(28)31-24(6,7)8/h9-10,13,15-17,19,25H,11-12,14H2,1-8H3/t17?,19-/m1/s1. The van der Waals surface area contributed by atoms with Gasteiger partial charge in [0.15, 0.2) is 5.78 Å². The molecule has 1 N–H and O–H groups in total. The number of Topliss-reactive ketones (excluding diaryl/α,β-unsaturated/α-hetero) is 1. The van der Waals surface area contributed by atoms with E-state index in [1.807, 2.05) is 20.8 Å². The molecule has 7 heteroatoms. The molecule has 174 valence electrons. The minimum Gasteiger partial charge on any atom is -0.460 e. The number of ether oxygens (including phenoxy) is 1. The van der Waals surface area contributed by atoms with Gasteiger partial charge in [-0.15, -0.1) is 0 Å². The number of esters is 1. The van der Waals surface area contributed by atoms with Crippen molar-refractivity contribution in [1.29, 1.82) is 0 Å². The number of carbonyl (C=O) groups excluding carboxylic acids is 2. The molecule has 1 aromatic carbocycles. The van der Waals surface area contributed by atoms with Crippen molar-refractivity contribution in [3.8, 4) is 0 Å². The summed E-state index contributed by atoms with van der Waals surface area (Å²) in [4.78, 5) is 36.6. The maximum Gasteiger partial charge on any atom is 0.309 e. The molecular weight excluding hydrogens is 396 g/mol. The van der Waals surface area contributed by atoms with Crippen LogP contribution in [-0.4, -0.2) is 28.3 Å². The van der Waals surface area contributed by atoms with Crippen LogP contribution >= 0.6 is 0 Å². The van der Waals surface area contributed by atoms with Crippen molar-refractivity contribution in [2.45, 2.75) is 86.3 Å². The predicted octanol–water partition coefficient (Wildman–Crippen LogP) is 6.02. The van der Waals surface area contributed by atoms with Crippen LogP contribution < -0.4 is 5.32 Å². The molecule has 31 heavy (non-hydrogen) atoms. The Morgan fingerprint density at radius 2 is 1.65 bits per heavy atom. The summed E-state index contributed by atoms with van der Waals surface area (Å²) in [5.74, 6) is -0.650. The molecule has 0 aliphatic rings. The quantitative estimate of drug-likeness (QED) is 0.198. The first kappa shape index (κ1) is 26.6. The van der Waals surface area contributed by atoms with Crippen LogP contribution in [0.25, 0.3) is 0 Å². The number of hydrogen-bond acceptors (Lipinski definition) is 6. The van der Waals surface area contributed by atoms with Gasteiger partial charge in [-0.3, -0.25) is 19.7 Å². The van der Waals surface area contributed by atoms with Crippen molar-refractivity contribution < 1.29 is 19.2 Å². The zero-order chi connectivity index (χ0) is 23.9. The Morgan fingerprint density at radius 3 is 2.13 bits per heavy atom. The van der Waals surface area contributed by atoms with Crippen LogP contribution in [0.5, 0.6) is 0 Å². The summed E-state index contributed by atoms with van der Waals surface area (Å²) in [6.07, 6.45) is 1.33. The van der Waals surface area contributed by atoms with Crippen molar-refractivity contribution in [2.24, 2.45) is 17.8 Å². The fourth-order valence-corrected chi connectivity index (χ4v) is 3.57. The van der Waals surface area contributed by atoms with E-state index in [4.69, 9.17) is 4.74 Å². The molecule has 0 radical (unpaired) electrons. The van der Waals surface area contributed by atoms with Crippen LogP contribution in [0.1, 0.15) is 85.0 Å². The molecule has 1 unspecified atom stereocenters. The monoisotopic (exact) mass is 434 g/mol. The lowest BCUT2D eigenvalue weighted by atomic mass is 9.90. The topological polar surface area (TPSA) is 98.5 Å². The SMILES string of the molecule is CC(C)CC(C)Nc1ccc(C(=O)C[C@@H](CC(C)C)C(=O)OC(C)(C)C)cc1[N+](=O)[O-]. The number of nitro benzene ring substituents is 1. The van der Waals surface area contributed by atoms with Crippen LogP contribution in [0, 0.1) is 27.9 Å². The number of anilines is 1. The van der Waals surface area contributed by atoms with Gasteiger partial charge >= 0.3 is 5.97 Å². The second kappa shape index (κ2) is 11.3. The number of hydrogen-bond donors (Lipinski definition) is 1. The van der Waals surface area contributed by atoms with Crippen molar-refractivity contribution in [3.63, 3.8) is 0 Å². The molecule has 0 aromatic heterocycles. The zero-order valence-electron chi connectivity index (χ0n) is 20.2. The maximum absolute atomic E-state index is 12.9. The number of nitrogens with one attached hydrogen (secondary N) is 1. The Hall–Kier alpha value is -2.44. The first-order valence-corrected chi connectivity index (χ1v) is 11.0. The molecule has 0 saturated carbocycles. The molecule has 1 aromatic rings. The van der Waals surface area contributed by atoms with E-state index >= 15 is 0 Å². The molecule has 1 rings (SSSR count). The van der Waals surface area contributed by atoms with Gasteiger partial charge < -0.3 is 10.1 Å². The van der Waals surface area contributed by atoms with E-state index in [0.717, 1.165) is 6.42 Å². The van der Waals surface area contributed by atoms with Gasteiger partial charge in [0.2, 0.25) is 0 Å². The van der Waals surface area contributed by atoms with Crippen LogP contribution in [0.2, 0.25) is 0 Å². The zero-order valence-corrected chi connectivity index (χ0v) is 20.2. The Bertz CT molecular complexity index is 781. The van der Waals surface area contributed by atoms with Gasteiger partial charge in [-0.05, 0) is 64.5 Å². The summed E-state index contributed by atoms with van der Waals surface area (Å²) in [5, 5.41) is 14.8. The van der Waals surface area contributed by atoms with E-state index in [2.05, 4.69) is 19.2 Å². The highest BCUT2D eigenvalue weighted by Gasteiger charge is 2.29. The average Bonchev–Trinajstić information content (AvgIpc) is 2.58. The van der Waals surface area contributed by atoms with Gasteiger partial charge in [0.25, 0.3) is 5.69 Å². The summed E-state index contributed by atoms with van der Waals surface area (Å²) in [6, 6.07) is 4.52. The summed E-state index contributed by atoms with van der Waals surface area (Å²) >= 11 is 0. The third-order valence-corrected chi connectivity index (χ3v) is 4.67. The number of nitrogens with zero attached hydrogens (tertiary/aromatic N) is 1. The molecule has 7 nitrogen and oxygen atoms in total. The smallest absolute Gasteiger partial charge is 0.309 e. The first-order chi connectivity index (χ1) is 14.2. The van der Waals surface area contributed by atoms with Crippen molar-refractivity contribution in [3.05, 3.63) is 33.9 Å². The summed E-state index contributed by atoms with van der Waals surface area (Å²) in [5.41, 5.74) is -0.167. The number of ketones is 1. The van der Waals surface area contributed by atoms with Crippen LogP contribution in [0.3, 0.4) is 0 Å². The molecule has 0 fully saturated rings. The van der Waals surface area contributed by atoms with Gasteiger partial charge in [0.05, 0.1) is 10.8 Å². The van der Waals surface area contributed by atoms with Crippen molar-refractivity contribution >= 4 is 23.1 Å². The van der Waals surface area contributed by atoms with Crippen LogP contribution in [0.4, 0.5) is 11.4 Å². The maximum atomic E-state index is 12.9.